The van der Waals surface area contributed by atoms with E-state index >= 15 is 0 Å². The molecule has 0 aliphatic carbocycles. The molecule has 80 valence electrons. The van der Waals surface area contributed by atoms with Gasteiger partial charge in [0.15, 0.2) is 0 Å². The van der Waals surface area contributed by atoms with E-state index in [1.54, 1.807) is 0 Å². The van der Waals surface area contributed by atoms with Gasteiger partial charge in [0, 0.05) is 23.7 Å². The average Bonchev–Trinajstić information content (AvgIpc) is 2.23. The highest BCUT2D eigenvalue weighted by atomic mass is 35.5. The molecule has 0 saturated carbocycles. The minimum atomic E-state index is 0.635. The largest absolute Gasteiger partial charge is 0.385 e. The quantitative estimate of drug-likeness (QED) is 0.771. The maximum absolute atomic E-state index is 8.36. The Hall–Kier alpha value is -1.20. The fraction of sp³-hybridized carbons (Fsp3) is 0.417. The lowest BCUT2D eigenvalue weighted by Gasteiger charge is -2.06. The molecule has 0 saturated heterocycles. The normalized spacial score (nSPS) is 9.67. The van der Waals surface area contributed by atoms with Crippen LogP contribution in [0.4, 0.5) is 5.69 Å². The van der Waals surface area contributed by atoms with Gasteiger partial charge in [-0.3, -0.25) is 0 Å². The van der Waals surface area contributed by atoms with Crippen molar-refractivity contribution >= 4 is 17.3 Å². The maximum Gasteiger partial charge on any atom is 0.0621 e. The molecule has 0 aliphatic heterocycles. The van der Waals surface area contributed by atoms with E-state index in [9.17, 15) is 0 Å². The summed E-state index contributed by atoms with van der Waals surface area (Å²) in [7, 11) is 0. The van der Waals surface area contributed by atoms with Crippen LogP contribution in [0.2, 0.25) is 5.02 Å². The summed E-state index contributed by atoms with van der Waals surface area (Å²) in [5.41, 5.74) is 2.13. The van der Waals surface area contributed by atoms with E-state index in [4.69, 9.17) is 16.9 Å². The van der Waals surface area contributed by atoms with Gasteiger partial charge in [-0.1, -0.05) is 17.7 Å². The molecule has 0 heterocycles. The Kier molecular flexibility index (Phi) is 5.00. The second kappa shape index (κ2) is 6.31. The van der Waals surface area contributed by atoms with Crippen LogP contribution in [-0.2, 0) is 0 Å². The van der Waals surface area contributed by atoms with Crippen molar-refractivity contribution in [2.75, 3.05) is 11.9 Å². The molecule has 0 unspecified atom stereocenters. The van der Waals surface area contributed by atoms with E-state index in [1.165, 1.54) is 0 Å². The van der Waals surface area contributed by atoms with Crippen LogP contribution in [0, 0.1) is 18.3 Å². The summed E-state index contributed by atoms with van der Waals surface area (Å²) in [6.07, 6.45) is 2.60. The first-order valence-corrected chi connectivity index (χ1v) is 5.49. The van der Waals surface area contributed by atoms with Gasteiger partial charge in [-0.25, -0.2) is 0 Å². The Morgan fingerprint density at radius 3 is 2.87 bits per heavy atom. The van der Waals surface area contributed by atoms with Crippen molar-refractivity contribution in [3.05, 3.63) is 28.8 Å². The van der Waals surface area contributed by atoms with Crippen LogP contribution in [0.25, 0.3) is 0 Å². The Balaban J connectivity index is 2.32. The number of halogens is 1. The third-order valence-electron chi connectivity index (χ3n) is 2.22. The molecule has 1 rings (SSSR count). The molecule has 0 atom stereocenters. The number of rotatable bonds is 5. The zero-order valence-electron chi connectivity index (χ0n) is 8.89. The zero-order valence-corrected chi connectivity index (χ0v) is 9.64. The van der Waals surface area contributed by atoms with Crippen LogP contribution in [0.15, 0.2) is 18.2 Å². The lowest BCUT2D eigenvalue weighted by Crippen LogP contribution is -2.01. The predicted octanol–water partition coefficient (Wildman–Crippen LogP) is 3.75. The molecule has 1 aromatic rings. The highest BCUT2D eigenvalue weighted by molar-refractivity contribution is 6.31. The molecule has 0 spiro atoms. The molecule has 0 radical (unpaired) electrons. The molecule has 0 amide bonds. The number of benzene rings is 1. The molecule has 1 N–H and O–H groups in total. The summed E-state index contributed by atoms with van der Waals surface area (Å²) in [5, 5.41) is 12.4. The average molecular weight is 223 g/mol. The van der Waals surface area contributed by atoms with Gasteiger partial charge >= 0.3 is 0 Å². The number of aryl methyl sites for hydroxylation is 1. The maximum atomic E-state index is 8.36. The van der Waals surface area contributed by atoms with Crippen LogP contribution in [0.3, 0.4) is 0 Å². The topological polar surface area (TPSA) is 35.8 Å². The van der Waals surface area contributed by atoms with E-state index in [0.29, 0.717) is 6.42 Å². The monoisotopic (exact) mass is 222 g/mol. The number of hydrogen-bond donors (Lipinski definition) is 1. The third-order valence-corrected chi connectivity index (χ3v) is 2.62. The molecular weight excluding hydrogens is 208 g/mol. The number of unbranched alkanes of at least 4 members (excludes halogenated alkanes) is 2. The SMILES string of the molecule is Cc1ccc(NCCCCC#N)cc1Cl. The van der Waals surface area contributed by atoms with Crippen LogP contribution in [-0.4, -0.2) is 6.54 Å². The molecule has 15 heavy (non-hydrogen) atoms. The zero-order chi connectivity index (χ0) is 11.1. The van der Waals surface area contributed by atoms with Crippen molar-refractivity contribution in [2.24, 2.45) is 0 Å². The van der Waals surface area contributed by atoms with Crippen molar-refractivity contribution in [3.63, 3.8) is 0 Å². The Bertz CT molecular complexity index is 355. The molecule has 0 fully saturated rings. The summed E-state index contributed by atoms with van der Waals surface area (Å²) in [4.78, 5) is 0. The summed E-state index contributed by atoms with van der Waals surface area (Å²) >= 11 is 5.99. The van der Waals surface area contributed by atoms with Crippen molar-refractivity contribution in [2.45, 2.75) is 26.2 Å². The standard InChI is InChI=1S/C12H15ClN2/c1-10-5-6-11(9-12(10)13)15-8-4-2-3-7-14/h5-6,9,15H,2-4,8H2,1H3. The van der Waals surface area contributed by atoms with Gasteiger partial charge in [0.2, 0.25) is 0 Å². The Morgan fingerprint density at radius 2 is 2.20 bits per heavy atom. The fourth-order valence-corrected chi connectivity index (χ4v) is 1.45. The van der Waals surface area contributed by atoms with Gasteiger partial charge in [0.1, 0.15) is 0 Å². The van der Waals surface area contributed by atoms with Gasteiger partial charge in [0.25, 0.3) is 0 Å². The van der Waals surface area contributed by atoms with Gasteiger partial charge in [-0.2, -0.15) is 5.26 Å². The minimum Gasteiger partial charge on any atom is -0.385 e. The van der Waals surface area contributed by atoms with E-state index in [-0.39, 0.29) is 0 Å². The van der Waals surface area contributed by atoms with Gasteiger partial charge in [-0.05, 0) is 37.5 Å². The smallest absolute Gasteiger partial charge is 0.0621 e. The third kappa shape index (κ3) is 4.22. The summed E-state index contributed by atoms with van der Waals surface area (Å²) in [5.74, 6) is 0. The number of hydrogen-bond acceptors (Lipinski definition) is 2. The van der Waals surface area contributed by atoms with Gasteiger partial charge in [0.05, 0.1) is 6.07 Å². The molecule has 0 aromatic heterocycles. The summed E-state index contributed by atoms with van der Waals surface area (Å²) in [6, 6.07) is 8.09. The Labute approximate surface area is 95.9 Å². The summed E-state index contributed by atoms with van der Waals surface area (Å²) in [6.45, 7) is 2.88. The lowest BCUT2D eigenvalue weighted by molar-refractivity contribution is 0.784. The van der Waals surface area contributed by atoms with Crippen LogP contribution in [0.1, 0.15) is 24.8 Å². The second-order valence-electron chi connectivity index (χ2n) is 3.51. The van der Waals surface area contributed by atoms with E-state index in [1.807, 2.05) is 25.1 Å². The first-order valence-electron chi connectivity index (χ1n) is 5.11. The van der Waals surface area contributed by atoms with Crippen molar-refractivity contribution in [1.29, 1.82) is 5.26 Å². The number of nitrogens with zero attached hydrogens (tertiary/aromatic N) is 1. The van der Waals surface area contributed by atoms with Crippen molar-refractivity contribution < 1.29 is 0 Å². The van der Waals surface area contributed by atoms with Crippen LogP contribution < -0.4 is 5.32 Å². The molecule has 0 bridgehead atoms. The lowest BCUT2D eigenvalue weighted by atomic mass is 10.2. The molecule has 1 aromatic carbocycles. The minimum absolute atomic E-state index is 0.635. The van der Waals surface area contributed by atoms with E-state index in [0.717, 1.165) is 35.7 Å². The van der Waals surface area contributed by atoms with Crippen molar-refractivity contribution in [3.8, 4) is 6.07 Å². The van der Waals surface area contributed by atoms with Crippen LogP contribution in [0.5, 0.6) is 0 Å². The van der Waals surface area contributed by atoms with E-state index in [2.05, 4.69) is 11.4 Å². The highest BCUT2D eigenvalue weighted by Crippen LogP contribution is 2.19. The van der Waals surface area contributed by atoms with E-state index < -0.39 is 0 Å². The molecule has 0 aliphatic rings. The first-order chi connectivity index (χ1) is 7.24. The fourth-order valence-electron chi connectivity index (χ4n) is 1.26. The first kappa shape index (κ1) is 11.9. The number of nitrogens with one attached hydrogen (secondary N) is 1. The summed E-state index contributed by atoms with van der Waals surface area (Å²) < 4.78 is 0. The molecule has 2 nitrogen and oxygen atoms in total. The van der Waals surface area contributed by atoms with Gasteiger partial charge < -0.3 is 5.32 Å². The second-order valence-corrected chi connectivity index (χ2v) is 3.91. The predicted molar refractivity (Wildman–Crippen MR) is 64.1 cm³/mol. The Morgan fingerprint density at radius 1 is 1.40 bits per heavy atom. The highest BCUT2D eigenvalue weighted by Gasteiger charge is 1.96. The molecule has 3 heteroatoms. The molecular formula is C12H15ClN2. The number of nitriles is 1. The van der Waals surface area contributed by atoms with Gasteiger partial charge in [-0.15, -0.1) is 0 Å². The van der Waals surface area contributed by atoms with Crippen LogP contribution >= 0.6 is 11.6 Å². The van der Waals surface area contributed by atoms with Crippen molar-refractivity contribution in [1.82, 2.24) is 0 Å². The number of anilines is 1.